The molecule has 1 aliphatic heterocycles. The fourth-order valence-corrected chi connectivity index (χ4v) is 3.25. The normalized spacial score (nSPS) is 21.5. The summed E-state index contributed by atoms with van der Waals surface area (Å²) in [6.07, 6.45) is 4.04. The fraction of sp³-hybridized carbons (Fsp3) is 0.588. The number of aliphatic hydroxyl groups is 1. The molecule has 1 aliphatic rings. The van der Waals surface area contributed by atoms with Crippen molar-refractivity contribution in [1.29, 1.82) is 0 Å². The number of methoxy groups -OCH3 is 1. The maximum atomic E-state index is 9.77. The van der Waals surface area contributed by atoms with Crippen molar-refractivity contribution in [1.82, 2.24) is 24.9 Å². The van der Waals surface area contributed by atoms with E-state index in [1.165, 1.54) is 5.56 Å². The molecule has 0 aliphatic carbocycles. The van der Waals surface area contributed by atoms with Crippen molar-refractivity contribution in [3.8, 4) is 5.88 Å². The summed E-state index contributed by atoms with van der Waals surface area (Å²) >= 11 is 0. The Morgan fingerprint density at radius 2 is 2.12 bits per heavy atom. The van der Waals surface area contributed by atoms with Crippen LogP contribution < -0.4 is 4.74 Å². The van der Waals surface area contributed by atoms with E-state index in [4.69, 9.17) is 4.74 Å². The van der Waals surface area contributed by atoms with Crippen LogP contribution in [0.3, 0.4) is 0 Å². The van der Waals surface area contributed by atoms with Gasteiger partial charge in [0.25, 0.3) is 0 Å². The van der Waals surface area contributed by atoms with Crippen molar-refractivity contribution < 1.29 is 9.84 Å². The molecule has 2 aromatic heterocycles. The van der Waals surface area contributed by atoms with E-state index in [0.717, 1.165) is 25.3 Å². The Morgan fingerprint density at radius 1 is 1.29 bits per heavy atom. The number of nitrogens with zero attached hydrogens (tertiary/aromatic N) is 5. The summed E-state index contributed by atoms with van der Waals surface area (Å²) in [5.74, 6) is 1.04. The van der Waals surface area contributed by atoms with Crippen LogP contribution in [0.25, 0.3) is 0 Å². The van der Waals surface area contributed by atoms with Gasteiger partial charge in [-0.15, -0.1) is 5.10 Å². The van der Waals surface area contributed by atoms with Crippen molar-refractivity contribution in [2.45, 2.75) is 32.4 Å². The lowest BCUT2D eigenvalue weighted by atomic mass is 9.92. The van der Waals surface area contributed by atoms with Crippen LogP contribution in [-0.2, 0) is 6.54 Å². The molecule has 0 aromatic carbocycles. The highest BCUT2D eigenvalue weighted by atomic mass is 16.5. The van der Waals surface area contributed by atoms with E-state index in [0.29, 0.717) is 17.8 Å². The molecule has 130 valence electrons. The molecule has 1 fully saturated rings. The lowest BCUT2D eigenvalue weighted by Crippen LogP contribution is -2.21. The summed E-state index contributed by atoms with van der Waals surface area (Å²) in [6, 6.07) is 4.11. The molecular weight excluding hydrogens is 306 g/mol. The molecule has 1 N–H and O–H groups in total. The lowest BCUT2D eigenvalue weighted by molar-refractivity contribution is 0.213. The van der Waals surface area contributed by atoms with Gasteiger partial charge in [-0.2, -0.15) is 10.2 Å². The van der Waals surface area contributed by atoms with E-state index in [-0.39, 0.29) is 12.5 Å². The summed E-state index contributed by atoms with van der Waals surface area (Å²) in [5.41, 5.74) is 2.11. The summed E-state index contributed by atoms with van der Waals surface area (Å²) in [7, 11) is 1.58. The van der Waals surface area contributed by atoms with E-state index in [1.807, 2.05) is 23.0 Å². The molecule has 0 saturated carbocycles. The predicted octanol–water partition coefficient (Wildman–Crippen LogP) is 1.47. The van der Waals surface area contributed by atoms with E-state index in [2.05, 4.69) is 40.2 Å². The van der Waals surface area contributed by atoms with Crippen molar-refractivity contribution in [2.24, 2.45) is 5.92 Å². The third kappa shape index (κ3) is 3.57. The summed E-state index contributed by atoms with van der Waals surface area (Å²) < 4.78 is 7.01. The Bertz CT molecular complexity index is 655. The average molecular weight is 331 g/mol. The van der Waals surface area contributed by atoms with Crippen LogP contribution in [0.1, 0.15) is 37.1 Å². The van der Waals surface area contributed by atoms with Crippen LogP contribution in [0.5, 0.6) is 5.88 Å². The second kappa shape index (κ2) is 7.27. The number of aromatic nitrogens is 4. The van der Waals surface area contributed by atoms with Gasteiger partial charge < -0.3 is 9.84 Å². The first-order chi connectivity index (χ1) is 11.6. The topological polar surface area (TPSA) is 76.3 Å². The SMILES string of the molecule is COc1ccc(CN2C[C@@H](CO)[C@H](c3cnn(C(C)C)c3)C2)nn1. The van der Waals surface area contributed by atoms with Gasteiger partial charge in [-0.3, -0.25) is 9.58 Å². The second-order valence-electron chi connectivity index (χ2n) is 6.66. The zero-order valence-electron chi connectivity index (χ0n) is 14.5. The predicted molar refractivity (Wildman–Crippen MR) is 89.8 cm³/mol. The molecule has 2 atom stereocenters. The van der Waals surface area contributed by atoms with Gasteiger partial charge in [0.05, 0.1) is 19.0 Å². The highest BCUT2D eigenvalue weighted by molar-refractivity contribution is 5.17. The number of hydrogen-bond acceptors (Lipinski definition) is 6. The first-order valence-corrected chi connectivity index (χ1v) is 8.34. The molecule has 0 unspecified atom stereocenters. The van der Waals surface area contributed by atoms with Gasteiger partial charge in [0.1, 0.15) is 0 Å². The maximum Gasteiger partial charge on any atom is 0.233 e. The molecule has 2 aromatic rings. The summed E-state index contributed by atoms with van der Waals surface area (Å²) in [6.45, 7) is 6.88. The lowest BCUT2D eigenvalue weighted by Gasteiger charge is -2.14. The number of rotatable bonds is 6. The number of aliphatic hydroxyl groups excluding tert-OH is 1. The Morgan fingerprint density at radius 3 is 2.71 bits per heavy atom. The van der Waals surface area contributed by atoms with Gasteiger partial charge in [-0.25, -0.2) is 0 Å². The molecule has 3 heterocycles. The van der Waals surface area contributed by atoms with Crippen molar-refractivity contribution in [3.63, 3.8) is 0 Å². The second-order valence-corrected chi connectivity index (χ2v) is 6.66. The minimum Gasteiger partial charge on any atom is -0.480 e. The average Bonchev–Trinajstić information content (AvgIpc) is 3.22. The van der Waals surface area contributed by atoms with Crippen molar-refractivity contribution in [2.75, 3.05) is 26.8 Å². The van der Waals surface area contributed by atoms with Crippen LogP contribution in [-0.4, -0.2) is 56.8 Å². The minimum atomic E-state index is 0.183. The van der Waals surface area contributed by atoms with Gasteiger partial charge in [0.2, 0.25) is 5.88 Å². The van der Waals surface area contributed by atoms with Gasteiger partial charge >= 0.3 is 0 Å². The van der Waals surface area contributed by atoms with Crippen LogP contribution >= 0.6 is 0 Å². The van der Waals surface area contributed by atoms with E-state index in [1.54, 1.807) is 7.11 Å². The zero-order valence-corrected chi connectivity index (χ0v) is 14.5. The highest BCUT2D eigenvalue weighted by Crippen LogP contribution is 2.33. The van der Waals surface area contributed by atoms with Gasteiger partial charge in [0.15, 0.2) is 0 Å². The van der Waals surface area contributed by atoms with Crippen LogP contribution in [0.4, 0.5) is 0 Å². The van der Waals surface area contributed by atoms with Gasteiger partial charge in [-0.1, -0.05) is 0 Å². The standard InChI is InChI=1S/C17H25N5O2/c1-12(2)22-8-13(6-18-22)16-10-21(7-14(16)11-23)9-15-4-5-17(24-3)20-19-15/h4-6,8,12,14,16,23H,7,9-11H2,1-3H3/t14-,16-/m0/s1. The van der Waals surface area contributed by atoms with Crippen LogP contribution in [0.15, 0.2) is 24.5 Å². The van der Waals surface area contributed by atoms with Gasteiger partial charge in [-0.05, 0) is 25.5 Å². The largest absolute Gasteiger partial charge is 0.480 e. The molecule has 7 heteroatoms. The molecule has 24 heavy (non-hydrogen) atoms. The van der Waals surface area contributed by atoms with Crippen LogP contribution in [0.2, 0.25) is 0 Å². The molecular formula is C17H25N5O2. The van der Waals surface area contributed by atoms with Crippen LogP contribution in [0, 0.1) is 5.92 Å². The minimum absolute atomic E-state index is 0.183. The summed E-state index contributed by atoms with van der Waals surface area (Å²) in [5, 5.41) is 22.4. The smallest absolute Gasteiger partial charge is 0.233 e. The first-order valence-electron chi connectivity index (χ1n) is 8.34. The molecule has 1 saturated heterocycles. The first kappa shape index (κ1) is 16.9. The van der Waals surface area contributed by atoms with E-state index in [9.17, 15) is 5.11 Å². The summed E-state index contributed by atoms with van der Waals surface area (Å²) in [4.78, 5) is 2.31. The number of hydrogen-bond donors (Lipinski definition) is 1. The number of likely N-dealkylation sites (tertiary alicyclic amines) is 1. The third-order valence-corrected chi connectivity index (χ3v) is 4.62. The Hall–Kier alpha value is -1.99. The molecule has 0 radical (unpaired) electrons. The van der Waals surface area contributed by atoms with Crippen molar-refractivity contribution >= 4 is 0 Å². The maximum absolute atomic E-state index is 9.77. The van der Waals surface area contributed by atoms with E-state index < -0.39 is 0 Å². The van der Waals surface area contributed by atoms with E-state index >= 15 is 0 Å². The molecule has 7 nitrogen and oxygen atoms in total. The third-order valence-electron chi connectivity index (χ3n) is 4.62. The monoisotopic (exact) mass is 331 g/mol. The Kier molecular flexibility index (Phi) is 5.11. The zero-order chi connectivity index (χ0) is 17.1. The van der Waals surface area contributed by atoms with Crippen molar-refractivity contribution in [3.05, 3.63) is 35.8 Å². The number of ether oxygens (including phenoxy) is 1. The molecule has 0 spiro atoms. The fourth-order valence-electron chi connectivity index (χ4n) is 3.25. The van der Waals surface area contributed by atoms with Gasteiger partial charge in [0, 0.05) is 56.4 Å². The molecule has 0 bridgehead atoms. The molecule has 0 amide bonds. The molecule has 3 rings (SSSR count). The highest BCUT2D eigenvalue weighted by Gasteiger charge is 2.34. The quantitative estimate of drug-likeness (QED) is 0.864. The Labute approximate surface area is 142 Å². The Balaban J connectivity index is 1.68.